The van der Waals surface area contributed by atoms with E-state index in [0.717, 1.165) is 53.5 Å². The van der Waals surface area contributed by atoms with E-state index >= 15 is 0 Å². The second kappa shape index (κ2) is 7.14. The number of benzene rings is 2. The van der Waals surface area contributed by atoms with Crippen molar-refractivity contribution in [1.82, 2.24) is 9.78 Å². The highest BCUT2D eigenvalue weighted by Crippen LogP contribution is 2.39. The zero-order chi connectivity index (χ0) is 18.1. The maximum atomic E-state index is 6.10. The lowest BCUT2D eigenvalue weighted by Crippen LogP contribution is -2.11. The maximum absolute atomic E-state index is 6.10. The third-order valence-electron chi connectivity index (χ3n) is 5.05. The molecule has 1 aliphatic carbocycles. The summed E-state index contributed by atoms with van der Waals surface area (Å²) >= 11 is 6.10. The highest BCUT2D eigenvalue weighted by molar-refractivity contribution is 6.30. The van der Waals surface area contributed by atoms with Gasteiger partial charge in [0.25, 0.3) is 0 Å². The van der Waals surface area contributed by atoms with Crippen molar-refractivity contribution in [2.45, 2.75) is 19.3 Å². The van der Waals surface area contributed by atoms with Gasteiger partial charge in [-0.05, 0) is 56.0 Å². The van der Waals surface area contributed by atoms with Gasteiger partial charge in [-0.25, -0.2) is 4.68 Å². The third kappa shape index (κ3) is 3.00. The van der Waals surface area contributed by atoms with Gasteiger partial charge in [0.15, 0.2) is 0 Å². The summed E-state index contributed by atoms with van der Waals surface area (Å²) in [6, 6.07) is 15.9. The lowest BCUT2D eigenvalue weighted by molar-refractivity contribution is 0.411. The maximum Gasteiger partial charge on any atom is 0.144 e. The topological polar surface area (TPSA) is 53.1 Å². The number of fused-ring (bicyclic) bond motifs is 1. The van der Waals surface area contributed by atoms with Gasteiger partial charge in [0.1, 0.15) is 11.4 Å². The van der Waals surface area contributed by atoms with E-state index in [4.69, 9.17) is 27.2 Å². The summed E-state index contributed by atoms with van der Waals surface area (Å²) < 4.78 is 7.59. The molecular formula is C21H22ClN3O. The first kappa shape index (κ1) is 17.1. The molecule has 2 N–H and O–H groups in total. The highest BCUT2D eigenvalue weighted by atomic mass is 35.5. The molecule has 0 aliphatic heterocycles. The van der Waals surface area contributed by atoms with E-state index in [9.17, 15) is 0 Å². The van der Waals surface area contributed by atoms with Crippen LogP contribution in [0.15, 0.2) is 48.5 Å². The molecule has 0 saturated carbocycles. The Balaban J connectivity index is 1.88. The van der Waals surface area contributed by atoms with Crippen LogP contribution in [0.3, 0.4) is 0 Å². The van der Waals surface area contributed by atoms with Crippen LogP contribution in [-0.2, 0) is 12.8 Å². The molecule has 0 bridgehead atoms. The van der Waals surface area contributed by atoms with Crippen molar-refractivity contribution < 1.29 is 4.74 Å². The molecule has 0 fully saturated rings. The number of para-hydroxylation sites is 2. The van der Waals surface area contributed by atoms with Gasteiger partial charge in [-0.1, -0.05) is 35.9 Å². The van der Waals surface area contributed by atoms with Crippen LogP contribution in [0.1, 0.15) is 17.7 Å². The molecule has 134 valence electrons. The van der Waals surface area contributed by atoms with E-state index in [1.165, 1.54) is 11.3 Å². The molecule has 0 amide bonds. The average molecular weight is 368 g/mol. The van der Waals surface area contributed by atoms with Crippen LogP contribution in [0.4, 0.5) is 0 Å². The number of rotatable bonds is 5. The van der Waals surface area contributed by atoms with Crippen LogP contribution in [0.2, 0.25) is 5.02 Å². The van der Waals surface area contributed by atoms with Crippen molar-refractivity contribution in [3.63, 3.8) is 0 Å². The van der Waals surface area contributed by atoms with Crippen LogP contribution in [0, 0.1) is 5.92 Å². The number of hydrogen-bond donors (Lipinski definition) is 1. The van der Waals surface area contributed by atoms with Gasteiger partial charge >= 0.3 is 0 Å². The largest absolute Gasteiger partial charge is 0.494 e. The zero-order valence-corrected chi connectivity index (χ0v) is 15.5. The summed E-state index contributed by atoms with van der Waals surface area (Å²) in [4.78, 5) is 0. The van der Waals surface area contributed by atoms with Crippen molar-refractivity contribution in [3.05, 3.63) is 64.8 Å². The van der Waals surface area contributed by atoms with Gasteiger partial charge in [0.05, 0.1) is 18.5 Å². The van der Waals surface area contributed by atoms with Gasteiger partial charge in [-0.3, -0.25) is 0 Å². The van der Waals surface area contributed by atoms with E-state index in [1.807, 2.05) is 41.1 Å². The summed E-state index contributed by atoms with van der Waals surface area (Å²) in [6.45, 7) is 0.720. The molecule has 3 aromatic rings. The Morgan fingerprint density at radius 1 is 1.15 bits per heavy atom. The van der Waals surface area contributed by atoms with Crippen LogP contribution in [-0.4, -0.2) is 23.4 Å². The number of ether oxygens (including phenoxy) is 1. The van der Waals surface area contributed by atoms with Crippen LogP contribution in [0.25, 0.3) is 16.9 Å². The fraction of sp³-hybridized carbons (Fsp3) is 0.286. The Bertz CT molecular complexity index is 918. The molecular weight excluding hydrogens is 346 g/mol. The summed E-state index contributed by atoms with van der Waals surface area (Å²) in [6.07, 6.45) is 3.03. The second-order valence-electron chi connectivity index (χ2n) is 6.72. The van der Waals surface area contributed by atoms with Crippen molar-refractivity contribution in [2.75, 3.05) is 13.7 Å². The number of halogens is 1. The number of aromatic nitrogens is 2. The van der Waals surface area contributed by atoms with E-state index in [2.05, 4.69) is 12.1 Å². The Morgan fingerprint density at radius 3 is 2.65 bits per heavy atom. The van der Waals surface area contributed by atoms with Crippen molar-refractivity contribution >= 4 is 11.6 Å². The van der Waals surface area contributed by atoms with Crippen LogP contribution < -0.4 is 10.5 Å². The number of nitrogens with zero attached hydrogens (tertiary/aromatic N) is 2. The molecule has 2 aromatic carbocycles. The predicted octanol–water partition coefficient (Wildman–Crippen LogP) is 4.26. The first-order valence-corrected chi connectivity index (χ1v) is 9.29. The summed E-state index contributed by atoms with van der Waals surface area (Å²) in [5, 5.41) is 5.70. The minimum atomic E-state index is 0.580. The zero-order valence-electron chi connectivity index (χ0n) is 14.8. The Hall–Kier alpha value is -2.30. The van der Waals surface area contributed by atoms with Crippen molar-refractivity contribution in [1.29, 1.82) is 0 Å². The molecule has 4 nitrogen and oxygen atoms in total. The monoisotopic (exact) mass is 367 g/mol. The molecule has 26 heavy (non-hydrogen) atoms. The minimum Gasteiger partial charge on any atom is -0.494 e. The molecule has 1 unspecified atom stereocenters. The fourth-order valence-electron chi connectivity index (χ4n) is 3.83. The molecule has 0 spiro atoms. The molecule has 1 aliphatic rings. The molecule has 1 atom stereocenters. The number of nitrogens with two attached hydrogens (primary N) is 1. The quantitative estimate of drug-likeness (QED) is 0.732. The summed E-state index contributed by atoms with van der Waals surface area (Å²) in [5.74, 6) is 1.39. The third-order valence-corrected chi connectivity index (χ3v) is 5.30. The molecule has 1 aromatic heterocycles. The molecule has 0 radical (unpaired) electrons. The predicted molar refractivity (Wildman–Crippen MR) is 105 cm³/mol. The molecule has 4 rings (SSSR count). The Morgan fingerprint density at radius 2 is 1.92 bits per heavy atom. The van der Waals surface area contributed by atoms with E-state index < -0.39 is 0 Å². The van der Waals surface area contributed by atoms with Crippen molar-refractivity contribution in [3.8, 4) is 22.7 Å². The lowest BCUT2D eigenvalue weighted by Gasteiger charge is -2.14. The number of methoxy groups -OCH3 is 1. The molecule has 5 heteroatoms. The van der Waals surface area contributed by atoms with Gasteiger partial charge in [-0.15, -0.1) is 0 Å². The van der Waals surface area contributed by atoms with Gasteiger partial charge in [-0.2, -0.15) is 5.10 Å². The second-order valence-corrected chi connectivity index (χ2v) is 7.15. The standard InChI is InChI=1S/C21H22ClN3O/c1-26-20-5-3-2-4-19(20)25-21(15-6-8-16(22)9-7-15)17-12-14(10-11-23)13-18(17)24-25/h2-9,14H,10-13,23H2,1H3. The van der Waals surface area contributed by atoms with Crippen LogP contribution in [0.5, 0.6) is 5.75 Å². The molecule has 1 heterocycles. The van der Waals surface area contributed by atoms with Crippen LogP contribution >= 0.6 is 11.6 Å². The van der Waals surface area contributed by atoms with E-state index in [0.29, 0.717) is 5.92 Å². The van der Waals surface area contributed by atoms with Crippen molar-refractivity contribution in [2.24, 2.45) is 11.7 Å². The SMILES string of the molecule is COc1ccccc1-n1nc2c(c1-c1ccc(Cl)cc1)CC(CCN)C2. The number of hydrogen-bond acceptors (Lipinski definition) is 3. The van der Waals surface area contributed by atoms with E-state index in [1.54, 1.807) is 7.11 Å². The lowest BCUT2D eigenvalue weighted by atomic mass is 10.0. The smallest absolute Gasteiger partial charge is 0.144 e. The summed E-state index contributed by atoms with van der Waals surface area (Å²) in [5.41, 5.74) is 11.5. The van der Waals surface area contributed by atoms with Gasteiger partial charge in [0, 0.05) is 16.1 Å². The Kier molecular flexibility index (Phi) is 4.70. The molecule has 0 saturated heterocycles. The normalized spacial score (nSPS) is 15.9. The average Bonchev–Trinajstić information content (AvgIpc) is 3.20. The van der Waals surface area contributed by atoms with E-state index in [-0.39, 0.29) is 0 Å². The highest BCUT2D eigenvalue weighted by Gasteiger charge is 2.30. The Labute approximate surface area is 158 Å². The minimum absolute atomic E-state index is 0.580. The van der Waals surface area contributed by atoms with Gasteiger partial charge in [0.2, 0.25) is 0 Å². The fourth-order valence-corrected chi connectivity index (χ4v) is 3.96. The van der Waals surface area contributed by atoms with Gasteiger partial charge < -0.3 is 10.5 Å². The first-order chi connectivity index (χ1) is 12.7. The first-order valence-electron chi connectivity index (χ1n) is 8.91. The summed E-state index contributed by atoms with van der Waals surface area (Å²) in [7, 11) is 1.69.